The number of anilines is 1. The van der Waals surface area contributed by atoms with Gasteiger partial charge in [0.05, 0.1) is 0 Å². The molecule has 6 heteroatoms. The van der Waals surface area contributed by atoms with Crippen LogP contribution in [0.15, 0.2) is 18.2 Å². The summed E-state index contributed by atoms with van der Waals surface area (Å²) in [5.74, 6) is -3.16. The van der Waals surface area contributed by atoms with E-state index >= 15 is 0 Å². The molecule has 0 aromatic heterocycles. The van der Waals surface area contributed by atoms with Gasteiger partial charge in [-0.2, -0.15) is 0 Å². The van der Waals surface area contributed by atoms with E-state index in [1.54, 1.807) is 0 Å². The molecule has 0 aliphatic heterocycles. The predicted molar refractivity (Wildman–Crippen MR) is 48.8 cm³/mol. The Morgan fingerprint density at radius 1 is 1.20 bits per heavy atom. The van der Waals surface area contributed by atoms with Crippen LogP contribution < -0.4 is 11.1 Å². The lowest BCUT2D eigenvalue weighted by Gasteiger charge is -2.03. The molecule has 1 aromatic rings. The van der Waals surface area contributed by atoms with Gasteiger partial charge in [-0.05, 0) is 12.1 Å². The summed E-state index contributed by atoms with van der Waals surface area (Å²) < 4.78 is 25.3. The minimum absolute atomic E-state index is 0.0567. The topological polar surface area (TPSA) is 72.2 Å². The van der Waals surface area contributed by atoms with Crippen molar-refractivity contribution in [2.45, 2.75) is 6.42 Å². The van der Waals surface area contributed by atoms with E-state index in [9.17, 15) is 18.4 Å². The first-order chi connectivity index (χ1) is 6.97. The van der Waals surface area contributed by atoms with Crippen molar-refractivity contribution in [2.75, 3.05) is 5.32 Å². The molecule has 80 valence electrons. The van der Waals surface area contributed by atoms with E-state index in [2.05, 4.69) is 5.32 Å². The number of hydrogen-bond donors (Lipinski definition) is 2. The van der Waals surface area contributed by atoms with Crippen LogP contribution in [0, 0.1) is 11.6 Å². The molecule has 4 nitrogen and oxygen atoms in total. The molecule has 0 heterocycles. The standard InChI is InChI=1S/C9H8F2N2O2/c10-5-1-6(11)3-7(2-5)13-9(15)4-8(12)14/h1-3H,4H2,(H2,12,14)(H,13,15). The van der Waals surface area contributed by atoms with E-state index in [0.29, 0.717) is 6.07 Å². The number of carbonyl (C=O) groups excluding carboxylic acids is 2. The summed E-state index contributed by atoms with van der Waals surface area (Å²) in [5.41, 5.74) is 4.70. The third-order valence-corrected chi connectivity index (χ3v) is 1.48. The molecule has 0 saturated carbocycles. The highest BCUT2D eigenvalue weighted by molar-refractivity contribution is 6.02. The Morgan fingerprint density at radius 2 is 1.73 bits per heavy atom. The van der Waals surface area contributed by atoms with Gasteiger partial charge in [0.2, 0.25) is 11.8 Å². The Morgan fingerprint density at radius 3 is 2.20 bits per heavy atom. The summed E-state index contributed by atoms with van der Waals surface area (Å²) in [7, 11) is 0. The molecule has 3 N–H and O–H groups in total. The van der Waals surface area contributed by atoms with Crippen molar-refractivity contribution in [3.8, 4) is 0 Å². The van der Waals surface area contributed by atoms with Crippen molar-refractivity contribution in [3.05, 3.63) is 29.8 Å². The summed E-state index contributed by atoms with van der Waals surface area (Å²) in [5, 5.41) is 2.14. The predicted octanol–water partition coefficient (Wildman–Crippen LogP) is 0.779. The lowest BCUT2D eigenvalue weighted by Crippen LogP contribution is -2.21. The normalized spacial score (nSPS) is 9.73. The van der Waals surface area contributed by atoms with Crippen LogP contribution in [0.4, 0.5) is 14.5 Å². The quantitative estimate of drug-likeness (QED) is 0.730. The van der Waals surface area contributed by atoms with Crippen LogP contribution in [0.3, 0.4) is 0 Å². The van der Waals surface area contributed by atoms with E-state index < -0.39 is 29.9 Å². The summed E-state index contributed by atoms with van der Waals surface area (Å²) in [6.07, 6.45) is -0.530. The third kappa shape index (κ3) is 3.72. The van der Waals surface area contributed by atoms with Gasteiger partial charge in [0.15, 0.2) is 0 Å². The molecule has 0 radical (unpaired) electrons. The second kappa shape index (κ2) is 4.50. The molecular weight excluding hydrogens is 206 g/mol. The monoisotopic (exact) mass is 214 g/mol. The van der Waals surface area contributed by atoms with Gasteiger partial charge in [0.25, 0.3) is 0 Å². The van der Waals surface area contributed by atoms with Crippen molar-refractivity contribution in [1.29, 1.82) is 0 Å². The van der Waals surface area contributed by atoms with Crippen molar-refractivity contribution in [3.63, 3.8) is 0 Å². The smallest absolute Gasteiger partial charge is 0.233 e. The van der Waals surface area contributed by atoms with E-state index in [1.165, 1.54) is 0 Å². The maximum atomic E-state index is 12.7. The molecule has 0 atom stereocenters. The molecule has 1 aromatic carbocycles. The van der Waals surface area contributed by atoms with Gasteiger partial charge >= 0.3 is 0 Å². The Hall–Kier alpha value is -1.98. The molecule has 0 saturated heterocycles. The van der Waals surface area contributed by atoms with Crippen LogP contribution in [-0.4, -0.2) is 11.8 Å². The van der Waals surface area contributed by atoms with Gasteiger partial charge in [0.1, 0.15) is 18.1 Å². The van der Waals surface area contributed by atoms with Crippen LogP contribution in [0.25, 0.3) is 0 Å². The summed E-state index contributed by atoms with van der Waals surface area (Å²) in [4.78, 5) is 21.3. The van der Waals surface area contributed by atoms with Gasteiger partial charge in [-0.3, -0.25) is 9.59 Å². The van der Waals surface area contributed by atoms with Gasteiger partial charge < -0.3 is 11.1 Å². The van der Waals surface area contributed by atoms with Gasteiger partial charge in [0, 0.05) is 11.8 Å². The average molecular weight is 214 g/mol. The molecule has 0 aliphatic carbocycles. The molecule has 2 amide bonds. The lowest BCUT2D eigenvalue weighted by atomic mass is 10.3. The largest absolute Gasteiger partial charge is 0.369 e. The number of nitrogens with one attached hydrogen (secondary N) is 1. The fourth-order valence-corrected chi connectivity index (χ4v) is 0.989. The van der Waals surface area contributed by atoms with E-state index in [0.717, 1.165) is 12.1 Å². The number of hydrogen-bond acceptors (Lipinski definition) is 2. The first-order valence-electron chi connectivity index (χ1n) is 4.01. The van der Waals surface area contributed by atoms with Crippen molar-refractivity contribution < 1.29 is 18.4 Å². The third-order valence-electron chi connectivity index (χ3n) is 1.48. The average Bonchev–Trinajstić information content (AvgIpc) is 1.98. The Bertz CT molecular complexity index is 387. The van der Waals surface area contributed by atoms with Gasteiger partial charge in [-0.1, -0.05) is 0 Å². The van der Waals surface area contributed by atoms with Crippen LogP contribution in [-0.2, 0) is 9.59 Å². The zero-order valence-corrected chi connectivity index (χ0v) is 7.59. The molecule has 0 fully saturated rings. The molecule has 1 rings (SSSR count). The Kier molecular flexibility index (Phi) is 3.33. The number of benzene rings is 1. The molecule has 0 bridgehead atoms. The maximum Gasteiger partial charge on any atom is 0.233 e. The minimum atomic E-state index is -0.815. The fourth-order valence-electron chi connectivity index (χ4n) is 0.989. The summed E-state index contributed by atoms with van der Waals surface area (Å²) in [6, 6.07) is 2.54. The Balaban J connectivity index is 2.72. The minimum Gasteiger partial charge on any atom is -0.369 e. The highest BCUT2D eigenvalue weighted by atomic mass is 19.1. The molecular formula is C9H8F2N2O2. The van der Waals surface area contributed by atoms with Gasteiger partial charge in [-0.15, -0.1) is 0 Å². The van der Waals surface area contributed by atoms with Crippen LogP contribution in [0.1, 0.15) is 6.42 Å². The van der Waals surface area contributed by atoms with E-state index in [1.807, 2.05) is 0 Å². The van der Waals surface area contributed by atoms with E-state index in [-0.39, 0.29) is 5.69 Å². The fraction of sp³-hybridized carbons (Fsp3) is 0.111. The number of amides is 2. The highest BCUT2D eigenvalue weighted by Gasteiger charge is 2.07. The molecule has 0 spiro atoms. The first-order valence-corrected chi connectivity index (χ1v) is 4.01. The molecule has 15 heavy (non-hydrogen) atoms. The van der Waals surface area contributed by atoms with Crippen LogP contribution in [0.2, 0.25) is 0 Å². The SMILES string of the molecule is NC(=O)CC(=O)Nc1cc(F)cc(F)c1. The Labute approximate surface area is 84.1 Å². The first kappa shape index (κ1) is 11.1. The zero-order valence-electron chi connectivity index (χ0n) is 7.59. The van der Waals surface area contributed by atoms with E-state index in [4.69, 9.17) is 5.73 Å². The maximum absolute atomic E-state index is 12.7. The number of carbonyl (C=O) groups is 2. The van der Waals surface area contributed by atoms with Crippen LogP contribution in [0.5, 0.6) is 0 Å². The number of halogens is 2. The second-order valence-electron chi connectivity index (χ2n) is 2.85. The lowest BCUT2D eigenvalue weighted by molar-refractivity contribution is -0.124. The van der Waals surface area contributed by atoms with Crippen molar-refractivity contribution >= 4 is 17.5 Å². The molecule has 0 unspecified atom stereocenters. The zero-order chi connectivity index (χ0) is 11.4. The second-order valence-corrected chi connectivity index (χ2v) is 2.85. The summed E-state index contributed by atoms with van der Waals surface area (Å²) in [6.45, 7) is 0. The van der Waals surface area contributed by atoms with Gasteiger partial charge in [-0.25, -0.2) is 8.78 Å². The molecule has 0 aliphatic rings. The number of primary amides is 1. The highest BCUT2D eigenvalue weighted by Crippen LogP contribution is 2.12. The van der Waals surface area contributed by atoms with Crippen molar-refractivity contribution in [1.82, 2.24) is 0 Å². The van der Waals surface area contributed by atoms with Crippen molar-refractivity contribution in [2.24, 2.45) is 5.73 Å². The van der Waals surface area contributed by atoms with Crippen LogP contribution >= 0.6 is 0 Å². The number of rotatable bonds is 3. The number of nitrogens with two attached hydrogens (primary N) is 1. The summed E-state index contributed by atoms with van der Waals surface area (Å²) >= 11 is 0.